The van der Waals surface area contributed by atoms with Gasteiger partial charge in [-0.2, -0.15) is 0 Å². The van der Waals surface area contributed by atoms with E-state index >= 15 is 0 Å². The van der Waals surface area contributed by atoms with Gasteiger partial charge in [-0.05, 0) is 42.4 Å². The van der Waals surface area contributed by atoms with Crippen molar-refractivity contribution in [3.05, 3.63) is 70.3 Å². The van der Waals surface area contributed by atoms with Crippen LogP contribution in [-0.2, 0) is 14.9 Å². The molecule has 0 bridgehead atoms. The third-order valence-corrected chi connectivity index (χ3v) is 6.03. The van der Waals surface area contributed by atoms with Gasteiger partial charge in [-0.15, -0.1) is 0 Å². The lowest BCUT2D eigenvalue weighted by Gasteiger charge is -2.28. The van der Waals surface area contributed by atoms with Gasteiger partial charge in [-0.3, -0.25) is 14.4 Å². The maximum absolute atomic E-state index is 13.0. The fourth-order valence-corrected chi connectivity index (χ4v) is 4.16. The highest BCUT2D eigenvalue weighted by molar-refractivity contribution is 6.28. The Morgan fingerprint density at radius 2 is 1.57 bits per heavy atom. The minimum Gasteiger partial charge on any atom is -0.466 e. The van der Waals surface area contributed by atoms with Crippen molar-refractivity contribution in [2.24, 2.45) is 5.92 Å². The molecule has 0 aliphatic heterocycles. The fraction of sp³-hybridized carbons (Fsp3) is 0.423. The quantitative estimate of drug-likeness (QED) is 0.464. The SMILES string of the molecule is CCOC(=O)CC(C)CCCC(C)(C)c1ccc2c(c1)C(=O)c1ccccc1C2=O. The first kappa shape index (κ1) is 21.9. The number of ketones is 2. The summed E-state index contributed by atoms with van der Waals surface area (Å²) in [5, 5.41) is 0. The van der Waals surface area contributed by atoms with Gasteiger partial charge in [0, 0.05) is 28.7 Å². The van der Waals surface area contributed by atoms with E-state index in [0.717, 1.165) is 24.8 Å². The summed E-state index contributed by atoms with van der Waals surface area (Å²) in [6.07, 6.45) is 3.29. The molecule has 0 spiro atoms. The summed E-state index contributed by atoms with van der Waals surface area (Å²) in [5.74, 6) is -0.0280. The zero-order chi connectivity index (χ0) is 21.9. The van der Waals surface area contributed by atoms with Gasteiger partial charge >= 0.3 is 5.97 Å². The van der Waals surface area contributed by atoms with Gasteiger partial charge in [-0.1, -0.05) is 63.9 Å². The van der Waals surface area contributed by atoms with E-state index in [1.54, 1.807) is 30.3 Å². The molecule has 0 N–H and O–H groups in total. The van der Waals surface area contributed by atoms with Crippen LogP contribution >= 0.6 is 0 Å². The van der Waals surface area contributed by atoms with E-state index in [-0.39, 0.29) is 28.9 Å². The first-order valence-electron chi connectivity index (χ1n) is 10.7. The first-order valence-corrected chi connectivity index (χ1v) is 10.7. The van der Waals surface area contributed by atoms with Gasteiger partial charge < -0.3 is 4.74 Å². The van der Waals surface area contributed by atoms with Crippen LogP contribution in [0.4, 0.5) is 0 Å². The van der Waals surface area contributed by atoms with Crippen molar-refractivity contribution < 1.29 is 19.1 Å². The lowest BCUT2D eigenvalue weighted by Crippen LogP contribution is -2.23. The first-order chi connectivity index (χ1) is 14.2. The molecule has 1 atom stereocenters. The second-order valence-electron chi connectivity index (χ2n) is 8.85. The molecular formula is C26H30O4. The largest absolute Gasteiger partial charge is 0.466 e. The summed E-state index contributed by atoms with van der Waals surface area (Å²) in [7, 11) is 0. The standard InChI is InChI=1S/C26H30O4/c1-5-30-23(27)15-17(2)9-8-14-26(3,4)18-12-13-21-22(16-18)25(29)20-11-7-6-10-19(20)24(21)28/h6-7,10-13,16-17H,5,8-9,14-15H2,1-4H3. The van der Waals surface area contributed by atoms with Gasteiger partial charge in [0.05, 0.1) is 6.61 Å². The Labute approximate surface area is 178 Å². The second-order valence-corrected chi connectivity index (χ2v) is 8.85. The number of hydrogen-bond donors (Lipinski definition) is 0. The number of carbonyl (C=O) groups is 3. The van der Waals surface area contributed by atoms with Crippen molar-refractivity contribution in [3.8, 4) is 0 Å². The Hall–Kier alpha value is -2.75. The minimum absolute atomic E-state index is 0.0825. The topological polar surface area (TPSA) is 60.4 Å². The van der Waals surface area contributed by atoms with E-state index in [1.165, 1.54) is 0 Å². The Bertz CT molecular complexity index is 971. The van der Waals surface area contributed by atoms with E-state index in [4.69, 9.17) is 4.74 Å². The van der Waals surface area contributed by atoms with Gasteiger partial charge in [0.25, 0.3) is 0 Å². The summed E-state index contributed by atoms with van der Waals surface area (Å²) in [6, 6.07) is 12.7. The van der Waals surface area contributed by atoms with Crippen LogP contribution in [0.3, 0.4) is 0 Å². The number of esters is 1. The highest BCUT2D eigenvalue weighted by Gasteiger charge is 2.31. The van der Waals surface area contributed by atoms with Crippen LogP contribution in [0.1, 0.15) is 90.8 Å². The number of ether oxygens (including phenoxy) is 1. The summed E-state index contributed by atoms with van der Waals surface area (Å²) in [4.78, 5) is 37.4. The molecule has 0 aromatic heterocycles. The number of benzene rings is 2. The average molecular weight is 407 g/mol. The Morgan fingerprint density at radius 1 is 0.967 bits per heavy atom. The van der Waals surface area contributed by atoms with Crippen molar-refractivity contribution >= 4 is 17.5 Å². The fourth-order valence-electron chi connectivity index (χ4n) is 4.16. The monoisotopic (exact) mass is 406 g/mol. The van der Waals surface area contributed by atoms with Crippen molar-refractivity contribution in [1.29, 1.82) is 0 Å². The predicted molar refractivity (Wildman–Crippen MR) is 117 cm³/mol. The molecule has 4 nitrogen and oxygen atoms in total. The van der Waals surface area contributed by atoms with Crippen LogP contribution in [0.5, 0.6) is 0 Å². The Balaban J connectivity index is 1.71. The molecule has 0 amide bonds. The lowest BCUT2D eigenvalue weighted by atomic mass is 9.76. The van der Waals surface area contributed by atoms with Gasteiger partial charge in [0.2, 0.25) is 0 Å². The third kappa shape index (κ3) is 4.53. The number of hydrogen-bond acceptors (Lipinski definition) is 4. The summed E-state index contributed by atoms with van der Waals surface area (Å²) < 4.78 is 5.03. The molecule has 158 valence electrons. The number of carbonyl (C=O) groups excluding carboxylic acids is 3. The van der Waals surface area contributed by atoms with E-state index in [2.05, 4.69) is 20.8 Å². The van der Waals surface area contributed by atoms with E-state index < -0.39 is 0 Å². The van der Waals surface area contributed by atoms with Crippen LogP contribution < -0.4 is 0 Å². The summed E-state index contributed by atoms with van der Waals surface area (Å²) in [6.45, 7) is 8.63. The van der Waals surface area contributed by atoms with Gasteiger partial charge in [-0.25, -0.2) is 0 Å². The molecule has 0 heterocycles. The zero-order valence-electron chi connectivity index (χ0n) is 18.3. The molecule has 1 aliphatic carbocycles. The maximum Gasteiger partial charge on any atom is 0.306 e. The predicted octanol–water partition coefficient (Wildman–Crippen LogP) is 5.50. The molecule has 1 unspecified atom stereocenters. The molecule has 0 radical (unpaired) electrons. The second kappa shape index (κ2) is 8.95. The highest BCUT2D eigenvalue weighted by atomic mass is 16.5. The molecule has 0 fully saturated rings. The minimum atomic E-state index is -0.140. The van der Waals surface area contributed by atoms with Crippen LogP contribution in [0.2, 0.25) is 0 Å². The lowest BCUT2D eigenvalue weighted by molar-refractivity contribution is -0.144. The highest BCUT2D eigenvalue weighted by Crippen LogP contribution is 2.34. The maximum atomic E-state index is 13.0. The van der Waals surface area contributed by atoms with E-state index in [9.17, 15) is 14.4 Å². The van der Waals surface area contributed by atoms with E-state index in [0.29, 0.717) is 35.3 Å². The molecule has 3 rings (SSSR count). The van der Waals surface area contributed by atoms with Gasteiger partial charge in [0.15, 0.2) is 11.6 Å². The van der Waals surface area contributed by atoms with Crippen molar-refractivity contribution in [2.45, 2.75) is 58.8 Å². The van der Waals surface area contributed by atoms with Crippen LogP contribution in [0.25, 0.3) is 0 Å². The normalized spacial score (nSPS) is 14.1. The molecule has 0 saturated carbocycles. The molecule has 1 aliphatic rings. The Morgan fingerprint density at radius 3 is 2.20 bits per heavy atom. The molecule has 0 saturated heterocycles. The molecule has 2 aromatic rings. The van der Waals surface area contributed by atoms with Gasteiger partial charge in [0.1, 0.15) is 0 Å². The smallest absolute Gasteiger partial charge is 0.306 e. The molecule has 30 heavy (non-hydrogen) atoms. The number of rotatable bonds is 8. The average Bonchev–Trinajstić information content (AvgIpc) is 2.71. The number of fused-ring (bicyclic) bond motifs is 2. The van der Waals surface area contributed by atoms with Crippen molar-refractivity contribution in [1.82, 2.24) is 0 Å². The third-order valence-electron chi connectivity index (χ3n) is 6.03. The van der Waals surface area contributed by atoms with Crippen LogP contribution in [0, 0.1) is 5.92 Å². The molecular weight excluding hydrogens is 376 g/mol. The molecule has 4 heteroatoms. The van der Waals surface area contributed by atoms with Crippen molar-refractivity contribution in [2.75, 3.05) is 6.61 Å². The van der Waals surface area contributed by atoms with Crippen LogP contribution in [0.15, 0.2) is 42.5 Å². The zero-order valence-corrected chi connectivity index (χ0v) is 18.3. The van der Waals surface area contributed by atoms with Crippen molar-refractivity contribution in [3.63, 3.8) is 0 Å². The summed E-state index contributed by atoms with van der Waals surface area (Å²) >= 11 is 0. The summed E-state index contributed by atoms with van der Waals surface area (Å²) in [5.41, 5.74) is 2.87. The Kier molecular flexibility index (Phi) is 6.55. The van der Waals surface area contributed by atoms with E-state index in [1.807, 2.05) is 19.1 Å². The van der Waals surface area contributed by atoms with Crippen LogP contribution in [-0.4, -0.2) is 24.1 Å². The molecule has 2 aromatic carbocycles.